The summed E-state index contributed by atoms with van der Waals surface area (Å²) in [5, 5.41) is 2.91. The summed E-state index contributed by atoms with van der Waals surface area (Å²) in [6.45, 7) is 11.4. The van der Waals surface area contributed by atoms with Gasteiger partial charge in [-0.25, -0.2) is 0 Å². The van der Waals surface area contributed by atoms with E-state index < -0.39 is 0 Å². The van der Waals surface area contributed by atoms with Crippen molar-refractivity contribution in [2.75, 3.05) is 59.2 Å². The van der Waals surface area contributed by atoms with Crippen LogP contribution in [0, 0.1) is 0 Å². The van der Waals surface area contributed by atoms with Crippen molar-refractivity contribution in [1.29, 1.82) is 0 Å². The first-order valence-corrected chi connectivity index (χ1v) is 10.5. The molecule has 2 saturated heterocycles. The van der Waals surface area contributed by atoms with Crippen LogP contribution in [-0.4, -0.2) is 85.8 Å². The molecule has 0 spiro atoms. The monoisotopic (exact) mass is 460 g/mol. The summed E-state index contributed by atoms with van der Waals surface area (Å²) in [4.78, 5) is 18.8. The average molecular weight is 461 g/mol. The van der Waals surface area contributed by atoms with E-state index in [9.17, 15) is 4.79 Å². The third-order valence-corrected chi connectivity index (χ3v) is 6.05. The van der Waals surface area contributed by atoms with E-state index in [-0.39, 0.29) is 30.7 Å². The number of rotatable bonds is 6. The quantitative estimate of drug-likeness (QED) is 0.700. The van der Waals surface area contributed by atoms with E-state index >= 15 is 0 Å². The summed E-state index contributed by atoms with van der Waals surface area (Å²) < 4.78 is 10.9. The number of amides is 1. The number of piperidine rings is 1. The van der Waals surface area contributed by atoms with Crippen LogP contribution in [0.4, 0.5) is 0 Å². The van der Waals surface area contributed by atoms with E-state index in [1.54, 1.807) is 6.92 Å². The van der Waals surface area contributed by atoms with Crippen molar-refractivity contribution >= 4 is 30.7 Å². The summed E-state index contributed by atoms with van der Waals surface area (Å²) in [6.07, 6.45) is 2.54. The van der Waals surface area contributed by atoms with Crippen LogP contribution in [0.15, 0.2) is 18.2 Å². The highest BCUT2D eigenvalue weighted by atomic mass is 35.5. The Morgan fingerprint density at radius 3 is 2.60 bits per heavy atom. The highest BCUT2D eigenvalue weighted by Gasteiger charge is 2.28. The maximum absolute atomic E-state index is 11.1. The summed E-state index contributed by atoms with van der Waals surface area (Å²) in [5.74, 6) is 1.79. The van der Waals surface area contributed by atoms with Gasteiger partial charge in [-0.15, -0.1) is 24.8 Å². The molecule has 30 heavy (non-hydrogen) atoms. The summed E-state index contributed by atoms with van der Waals surface area (Å²) >= 11 is 0. The zero-order chi connectivity index (χ0) is 19.3. The first-order valence-electron chi connectivity index (χ1n) is 10.5. The van der Waals surface area contributed by atoms with E-state index in [4.69, 9.17) is 9.47 Å². The number of nitrogens with one attached hydrogen (secondary N) is 1. The molecule has 0 saturated carbocycles. The lowest BCUT2D eigenvalue weighted by Crippen LogP contribution is -2.55. The zero-order valence-electron chi connectivity index (χ0n) is 17.7. The number of hydrogen-bond donors (Lipinski definition) is 1. The van der Waals surface area contributed by atoms with Gasteiger partial charge in [0.1, 0.15) is 0 Å². The molecule has 0 aromatic heterocycles. The Morgan fingerprint density at radius 2 is 1.83 bits per heavy atom. The summed E-state index contributed by atoms with van der Waals surface area (Å²) in [6, 6.07) is 6.93. The minimum atomic E-state index is 0. The maximum atomic E-state index is 11.1. The first-order chi connectivity index (χ1) is 13.7. The molecule has 1 amide bonds. The SMILES string of the molecule is CC(=O)NCCN1CCCC(N2CCN(Cc3ccc4c(c3)OCO4)CC2)C1.Cl.Cl. The average Bonchev–Trinajstić information content (AvgIpc) is 3.16. The number of benzene rings is 1. The number of halogens is 2. The third kappa shape index (κ3) is 6.62. The van der Waals surface area contributed by atoms with Gasteiger partial charge >= 0.3 is 0 Å². The second kappa shape index (κ2) is 12.0. The van der Waals surface area contributed by atoms with Crippen molar-refractivity contribution in [2.24, 2.45) is 0 Å². The molecule has 2 fully saturated rings. The minimum absolute atomic E-state index is 0. The van der Waals surface area contributed by atoms with Gasteiger partial charge in [0.15, 0.2) is 11.5 Å². The number of ether oxygens (including phenoxy) is 2. The van der Waals surface area contributed by atoms with Gasteiger partial charge in [-0.1, -0.05) is 6.07 Å². The van der Waals surface area contributed by atoms with Gasteiger partial charge in [-0.3, -0.25) is 14.6 Å². The third-order valence-electron chi connectivity index (χ3n) is 6.05. The fourth-order valence-electron chi connectivity index (χ4n) is 4.51. The molecular weight excluding hydrogens is 427 g/mol. The molecule has 1 unspecified atom stereocenters. The van der Waals surface area contributed by atoms with Crippen LogP contribution in [0.2, 0.25) is 0 Å². The molecule has 3 aliphatic heterocycles. The molecule has 4 rings (SSSR count). The maximum Gasteiger partial charge on any atom is 0.231 e. The van der Waals surface area contributed by atoms with Gasteiger partial charge in [0.2, 0.25) is 12.7 Å². The highest BCUT2D eigenvalue weighted by Crippen LogP contribution is 2.33. The van der Waals surface area contributed by atoms with Crippen molar-refractivity contribution in [1.82, 2.24) is 20.0 Å². The molecule has 9 heteroatoms. The molecule has 170 valence electrons. The first kappa shape index (κ1) is 25.0. The Labute approximate surface area is 191 Å². The number of nitrogens with zero attached hydrogens (tertiary/aromatic N) is 3. The van der Waals surface area contributed by atoms with Crippen molar-refractivity contribution in [3.8, 4) is 11.5 Å². The Hall–Kier alpha value is -1.25. The number of carbonyl (C=O) groups is 1. The van der Waals surface area contributed by atoms with Crippen LogP contribution in [0.5, 0.6) is 11.5 Å². The topological polar surface area (TPSA) is 57.3 Å². The van der Waals surface area contributed by atoms with Crippen LogP contribution in [0.1, 0.15) is 25.3 Å². The number of piperazine rings is 1. The molecule has 0 radical (unpaired) electrons. The normalized spacial score (nSPS) is 22.1. The standard InChI is InChI=1S/C21H32N4O3.2ClH/c1-17(26)22-6-8-23-7-2-3-19(15-23)25-11-9-24(10-12-25)14-18-4-5-20-21(13-18)28-16-27-20;;/h4-5,13,19H,2-3,6-12,14-16H2,1H3,(H,22,26);2*1H. The number of likely N-dealkylation sites (tertiary alicyclic amines) is 1. The fraction of sp³-hybridized carbons (Fsp3) is 0.667. The predicted molar refractivity (Wildman–Crippen MR) is 122 cm³/mol. The molecule has 3 heterocycles. The zero-order valence-corrected chi connectivity index (χ0v) is 19.3. The Balaban J connectivity index is 0.00000160. The van der Waals surface area contributed by atoms with Gasteiger partial charge < -0.3 is 19.7 Å². The van der Waals surface area contributed by atoms with Crippen molar-refractivity contribution in [3.05, 3.63) is 23.8 Å². The highest BCUT2D eigenvalue weighted by molar-refractivity contribution is 5.85. The van der Waals surface area contributed by atoms with Crippen LogP contribution in [-0.2, 0) is 11.3 Å². The van der Waals surface area contributed by atoms with E-state index in [0.29, 0.717) is 12.8 Å². The Kier molecular flexibility index (Phi) is 9.97. The second-order valence-corrected chi connectivity index (χ2v) is 8.08. The van der Waals surface area contributed by atoms with Crippen LogP contribution < -0.4 is 14.8 Å². The van der Waals surface area contributed by atoms with Crippen LogP contribution in [0.25, 0.3) is 0 Å². The smallest absolute Gasteiger partial charge is 0.231 e. The molecule has 1 aromatic carbocycles. The Morgan fingerprint density at radius 1 is 1.07 bits per heavy atom. The molecule has 7 nitrogen and oxygen atoms in total. The summed E-state index contributed by atoms with van der Waals surface area (Å²) in [5.41, 5.74) is 1.29. The lowest BCUT2D eigenvalue weighted by molar-refractivity contribution is -0.119. The van der Waals surface area contributed by atoms with E-state index in [1.807, 2.05) is 6.07 Å². The lowest BCUT2D eigenvalue weighted by Gasteiger charge is -2.43. The molecular formula is C21H34Cl2N4O3. The predicted octanol–water partition coefficient (Wildman–Crippen LogP) is 1.98. The van der Waals surface area contributed by atoms with Gasteiger partial charge in [0, 0.05) is 65.3 Å². The minimum Gasteiger partial charge on any atom is -0.454 e. The number of fused-ring (bicyclic) bond motifs is 1. The lowest BCUT2D eigenvalue weighted by atomic mass is 10.0. The van der Waals surface area contributed by atoms with Crippen molar-refractivity contribution in [3.63, 3.8) is 0 Å². The largest absolute Gasteiger partial charge is 0.454 e. The molecule has 1 N–H and O–H groups in total. The molecule has 1 aromatic rings. The van der Waals surface area contributed by atoms with E-state index in [2.05, 4.69) is 32.1 Å². The van der Waals surface area contributed by atoms with Crippen molar-refractivity contribution < 1.29 is 14.3 Å². The van der Waals surface area contributed by atoms with Gasteiger partial charge in [-0.05, 0) is 37.1 Å². The van der Waals surface area contributed by atoms with Crippen molar-refractivity contribution in [2.45, 2.75) is 32.4 Å². The molecule has 3 aliphatic rings. The number of hydrogen-bond acceptors (Lipinski definition) is 6. The summed E-state index contributed by atoms with van der Waals surface area (Å²) in [7, 11) is 0. The molecule has 1 atom stereocenters. The van der Waals surface area contributed by atoms with Crippen LogP contribution >= 0.6 is 24.8 Å². The molecule has 0 aliphatic carbocycles. The van der Waals surface area contributed by atoms with E-state index in [1.165, 1.54) is 18.4 Å². The van der Waals surface area contributed by atoms with Gasteiger partial charge in [0.05, 0.1) is 0 Å². The van der Waals surface area contributed by atoms with E-state index in [0.717, 1.165) is 70.4 Å². The fourth-order valence-corrected chi connectivity index (χ4v) is 4.51. The number of carbonyl (C=O) groups excluding carboxylic acids is 1. The van der Waals surface area contributed by atoms with Gasteiger partial charge in [-0.2, -0.15) is 0 Å². The Bertz CT molecular complexity index is 686. The van der Waals surface area contributed by atoms with Crippen LogP contribution in [0.3, 0.4) is 0 Å². The van der Waals surface area contributed by atoms with Gasteiger partial charge in [0.25, 0.3) is 0 Å². The molecule has 0 bridgehead atoms. The second-order valence-electron chi connectivity index (χ2n) is 8.08.